The first kappa shape index (κ1) is 19.6. The molecule has 1 aromatic rings. The molecule has 29 heavy (non-hydrogen) atoms. The average Bonchev–Trinajstić information content (AvgIpc) is 3.20. The molecule has 1 spiro atoms. The highest BCUT2D eigenvalue weighted by Crippen LogP contribution is 2.49. The van der Waals surface area contributed by atoms with Gasteiger partial charge in [0.05, 0.1) is 17.2 Å². The van der Waals surface area contributed by atoms with Gasteiger partial charge in [-0.2, -0.15) is 0 Å². The molecule has 4 amide bonds. The number of fused-ring (bicyclic) bond motifs is 1. The lowest BCUT2D eigenvalue weighted by molar-refractivity contribution is -0.125. The lowest BCUT2D eigenvalue weighted by atomic mass is 9.66. The van der Waals surface area contributed by atoms with Crippen molar-refractivity contribution >= 4 is 29.8 Å². The molecule has 1 saturated heterocycles. The van der Waals surface area contributed by atoms with Gasteiger partial charge in [0, 0.05) is 31.2 Å². The fraction of sp³-hybridized carbons (Fsp3) is 0.524. The third-order valence-corrected chi connectivity index (χ3v) is 6.49. The Bertz CT molecular complexity index is 877. The number of nitrogens with one attached hydrogen (secondary N) is 1. The molecule has 2 N–H and O–H groups in total. The highest BCUT2D eigenvalue weighted by atomic mass is 16.3. The maximum Gasteiger partial charge on any atom is 0.261 e. The Morgan fingerprint density at radius 3 is 2.72 bits per heavy atom. The summed E-state index contributed by atoms with van der Waals surface area (Å²) in [6.45, 7) is 3.46. The number of amides is 4. The van der Waals surface area contributed by atoms with Crippen molar-refractivity contribution in [1.29, 1.82) is 0 Å². The smallest absolute Gasteiger partial charge is 0.261 e. The monoisotopic (exact) mass is 399 g/mol. The maximum absolute atomic E-state index is 12.9. The minimum Gasteiger partial charge on any atom is -0.393 e. The van der Waals surface area contributed by atoms with Gasteiger partial charge in [0.25, 0.3) is 11.8 Å². The second-order valence-corrected chi connectivity index (χ2v) is 8.52. The van der Waals surface area contributed by atoms with Gasteiger partial charge < -0.3 is 10.0 Å². The quantitative estimate of drug-likeness (QED) is 0.548. The standard InChI is InChI=1S/C21H25N3O5/c1-13(2-5-18(27)22-12-25)24-19(28)16-4-3-14(8-17(16)20(24)29)23-7-6-21(11-23)9-15(26)10-21/h3-4,8,12-13,15,26H,2,5-7,9-11H2,1H3,(H,22,25,27). The van der Waals surface area contributed by atoms with Crippen molar-refractivity contribution < 1.29 is 24.3 Å². The van der Waals surface area contributed by atoms with Gasteiger partial charge in [-0.25, -0.2) is 0 Å². The van der Waals surface area contributed by atoms with E-state index in [1.54, 1.807) is 19.1 Å². The molecular formula is C21H25N3O5. The zero-order valence-electron chi connectivity index (χ0n) is 16.4. The molecule has 0 radical (unpaired) electrons. The van der Waals surface area contributed by atoms with Crippen molar-refractivity contribution in [1.82, 2.24) is 10.2 Å². The molecule has 2 heterocycles. The summed E-state index contributed by atoms with van der Waals surface area (Å²) < 4.78 is 0. The number of aliphatic hydroxyl groups is 1. The van der Waals surface area contributed by atoms with Gasteiger partial charge in [-0.1, -0.05) is 0 Å². The molecule has 1 aromatic carbocycles. The fourth-order valence-corrected chi connectivity index (χ4v) is 4.88. The first-order valence-electron chi connectivity index (χ1n) is 10.0. The van der Waals surface area contributed by atoms with Gasteiger partial charge in [-0.15, -0.1) is 0 Å². The van der Waals surface area contributed by atoms with Gasteiger partial charge >= 0.3 is 0 Å². The third-order valence-electron chi connectivity index (χ3n) is 6.49. The molecule has 8 heteroatoms. The highest BCUT2D eigenvalue weighted by molar-refractivity contribution is 6.22. The summed E-state index contributed by atoms with van der Waals surface area (Å²) in [4.78, 5) is 50.9. The number of nitrogens with zero attached hydrogens (tertiary/aromatic N) is 2. The topological polar surface area (TPSA) is 107 Å². The van der Waals surface area contributed by atoms with Crippen LogP contribution in [-0.4, -0.2) is 59.4 Å². The van der Waals surface area contributed by atoms with Crippen LogP contribution in [0.1, 0.15) is 59.7 Å². The molecule has 1 saturated carbocycles. The van der Waals surface area contributed by atoms with Crippen LogP contribution in [0.25, 0.3) is 0 Å². The number of carbonyl (C=O) groups is 4. The predicted octanol–water partition coefficient (Wildman–Crippen LogP) is 1.08. The minimum atomic E-state index is -0.449. The summed E-state index contributed by atoms with van der Waals surface area (Å²) in [6.07, 6.45) is 3.15. The molecule has 154 valence electrons. The molecular weight excluding hydrogens is 374 g/mol. The van der Waals surface area contributed by atoms with E-state index in [1.807, 2.05) is 6.07 Å². The van der Waals surface area contributed by atoms with Crippen LogP contribution in [0.3, 0.4) is 0 Å². The van der Waals surface area contributed by atoms with Crippen LogP contribution in [0.2, 0.25) is 0 Å². The van der Waals surface area contributed by atoms with Crippen LogP contribution >= 0.6 is 0 Å². The van der Waals surface area contributed by atoms with Crippen molar-refractivity contribution in [3.8, 4) is 0 Å². The van der Waals surface area contributed by atoms with Gasteiger partial charge in [0.15, 0.2) is 0 Å². The molecule has 8 nitrogen and oxygen atoms in total. The number of rotatable bonds is 6. The van der Waals surface area contributed by atoms with E-state index >= 15 is 0 Å². The second kappa shape index (κ2) is 7.26. The van der Waals surface area contributed by atoms with Crippen molar-refractivity contribution in [3.63, 3.8) is 0 Å². The average molecular weight is 399 g/mol. The van der Waals surface area contributed by atoms with E-state index in [4.69, 9.17) is 0 Å². The van der Waals surface area contributed by atoms with Crippen LogP contribution in [0.4, 0.5) is 5.69 Å². The van der Waals surface area contributed by atoms with Crippen LogP contribution in [0.15, 0.2) is 18.2 Å². The summed E-state index contributed by atoms with van der Waals surface area (Å²) in [6, 6.07) is 4.92. The first-order chi connectivity index (χ1) is 13.8. The summed E-state index contributed by atoms with van der Waals surface area (Å²) in [7, 11) is 0. The number of imide groups is 2. The van der Waals surface area contributed by atoms with Crippen LogP contribution in [0, 0.1) is 5.41 Å². The predicted molar refractivity (Wildman–Crippen MR) is 104 cm³/mol. The number of aliphatic hydroxyl groups excluding tert-OH is 1. The largest absolute Gasteiger partial charge is 0.393 e. The summed E-state index contributed by atoms with van der Waals surface area (Å²) >= 11 is 0. The van der Waals surface area contributed by atoms with Crippen LogP contribution in [-0.2, 0) is 9.59 Å². The van der Waals surface area contributed by atoms with Crippen LogP contribution < -0.4 is 10.2 Å². The maximum atomic E-state index is 12.9. The van der Waals surface area contributed by atoms with Crippen LogP contribution in [0.5, 0.6) is 0 Å². The normalized spacial score (nSPS) is 26.5. The van der Waals surface area contributed by atoms with E-state index in [9.17, 15) is 24.3 Å². The Morgan fingerprint density at radius 2 is 2.03 bits per heavy atom. The number of anilines is 1. The van der Waals surface area contributed by atoms with Crippen molar-refractivity contribution in [2.45, 2.75) is 51.2 Å². The Labute approximate surface area is 168 Å². The SMILES string of the molecule is CC(CCC(=O)NC=O)N1C(=O)c2ccc(N3CCC4(CC(O)C4)C3)cc2C1=O. The highest BCUT2D eigenvalue weighted by Gasteiger charge is 2.48. The van der Waals surface area contributed by atoms with Crippen molar-refractivity contribution in [2.24, 2.45) is 5.41 Å². The number of hydrogen-bond donors (Lipinski definition) is 2. The van der Waals surface area contributed by atoms with Gasteiger partial charge in [-0.3, -0.25) is 29.4 Å². The Balaban J connectivity index is 1.46. The van der Waals surface area contributed by atoms with Gasteiger partial charge in [-0.05, 0) is 56.2 Å². The third kappa shape index (κ3) is 3.42. The number of hydrogen-bond acceptors (Lipinski definition) is 6. The lowest BCUT2D eigenvalue weighted by Crippen LogP contribution is -2.42. The lowest BCUT2D eigenvalue weighted by Gasteiger charge is -2.42. The number of carbonyl (C=O) groups excluding carboxylic acids is 4. The molecule has 3 aliphatic rings. The zero-order valence-corrected chi connectivity index (χ0v) is 16.4. The zero-order chi connectivity index (χ0) is 20.8. The molecule has 2 fully saturated rings. The molecule has 1 atom stereocenters. The first-order valence-corrected chi connectivity index (χ1v) is 10.0. The Kier molecular flexibility index (Phi) is 4.90. The van der Waals surface area contributed by atoms with E-state index in [0.717, 1.165) is 38.0 Å². The summed E-state index contributed by atoms with van der Waals surface area (Å²) in [5.74, 6) is -1.13. The fourth-order valence-electron chi connectivity index (χ4n) is 4.88. The molecule has 2 aliphatic heterocycles. The Morgan fingerprint density at radius 1 is 1.31 bits per heavy atom. The van der Waals surface area contributed by atoms with E-state index in [2.05, 4.69) is 10.2 Å². The summed E-state index contributed by atoms with van der Waals surface area (Å²) in [5, 5.41) is 11.7. The minimum absolute atomic E-state index is 0.0558. The molecule has 1 unspecified atom stereocenters. The van der Waals surface area contributed by atoms with E-state index < -0.39 is 11.9 Å². The Hall–Kier alpha value is -2.74. The van der Waals surface area contributed by atoms with E-state index in [1.165, 1.54) is 4.90 Å². The second-order valence-electron chi connectivity index (χ2n) is 8.52. The van der Waals surface area contributed by atoms with Gasteiger partial charge in [0.2, 0.25) is 12.3 Å². The van der Waals surface area contributed by atoms with Gasteiger partial charge in [0.1, 0.15) is 0 Å². The molecule has 0 aromatic heterocycles. The van der Waals surface area contributed by atoms with E-state index in [-0.39, 0.29) is 36.2 Å². The van der Waals surface area contributed by atoms with Crippen molar-refractivity contribution in [3.05, 3.63) is 29.3 Å². The molecule has 4 rings (SSSR count). The van der Waals surface area contributed by atoms with Crippen molar-refractivity contribution in [2.75, 3.05) is 18.0 Å². The van der Waals surface area contributed by atoms with E-state index in [0.29, 0.717) is 17.5 Å². The molecule has 0 bridgehead atoms. The number of benzene rings is 1. The molecule has 1 aliphatic carbocycles. The summed E-state index contributed by atoms with van der Waals surface area (Å²) in [5.41, 5.74) is 1.88.